The summed E-state index contributed by atoms with van der Waals surface area (Å²) in [5, 5.41) is 0. The van der Waals surface area contributed by atoms with Crippen LogP contribution in [0.4, 0.5) is 0 Å². The fourth-order valence-electron chi connectivity index (χ4n) is 2.09. The van der Waals surface area contributed by atoms with E-state index in [1.54, 1.807) is 0 Å². The van der Waals surface area contributed by atoms with Crippen molar-refractivity contribution >= 4 is 0 Å². The maximum atomic E-state index is 2.38. The molecule has 0 aromatic carbocycles. The monoisotopic (exact) mass is 134 g/mol. The molecule has 0 aliphatic heterocycles. The lowest BCUT2D eigenvalue weighted by molar-refractivity contribution is 0.330. The quantitative estimate of drug-likeness (QED) is 0.477. The summed E-state index contributed by atoms with van der Waals surface area (Å²) in [6.45, 7) is 0. The lowest BCUT2D eigenvalue weighted by Gasteiger charge is -2.29. The highest BCUT2D eigenvalue weighted by molar-refractivity contribution is 5.25. The van der Waals surface area contributed by atoms with E-state index in [9.17, 15) is 0 Å². The first kappa shape index (κ1) is 6.21. The molecule has 0 aromatic heterocycles. The smallest absolute Gasteiger partial charge is 0.00671 e. The van der Waals surface area contributed by atoms with Crippen molar-refractivity contribution in [1.82, 2.24) is 0 Å². The molecule has 2 rings (SSSR count). The van der Waals surface area contributed by atoms with Gasteiger partial charge in [0.05, 0.1) is 0 Å². The Balaban J connectivity index is 2.13. The summed E-state index contributed by atoms with van der Waals surface area (Å²) in [5.74, 6) is 0. The second kappa shape index (κ2) is 2.26. The summed E-state index contributed by atoms with van der Waals surface area (Å²) in [5.41, 5.74) is 0.512. The van der Waals surface area contributed by atoms with Gasteiger partial charge in [-0.2, -0.15) is 0 Å². The molecule has 0 heteroatoms. The van der Waals surface area contributed by atoms with Crippen LogP contribution in [0.5, 0.6) is 0 Å². The third-order valence-electron chi connectivity index (χ3n) is 2.75. The van der Waals surface area contributed by atoms with E-state index in [1.165, 1.54) is 32.1 Å². The average Bonchev–Trinajstić information content (AvgIpc) is 2.39. The second-order valence-electron chi connectivity index (χ2n) is 3.51. The van der Waals surface area contributed by atoms with Gasteiger partial charge in [0.2, 0.25) is 0 Å². The molecule has 54 valence electrons. The normalized spacial score (nSPS) is 28.0. The zero-order valence-corrected chi connectivity index (χ0v) is 6.34. The van der Waals surface area contributed by atoms with Crippen LogP contribution in [0.1, 0.15) is 32.1 Å². The molecule has 1 saturated carbocycles. The zero-order valence-electron chi connectivity index (χ0n) is 6.34. The molecule has 1 fully saturated rings. The molecule has 0 bridgehead atoms. The second-order valence-corrected chi connectivity index (χ2v) is 3.51. The Morgan fingerprint density at radius 1 is 0.800 bits per heavy atom. The first-order valence-electron chi connectivity index (χ1n) is 4.28. The molecule has 2 aliphatic carbocycles. The summed E-state index contributed by atoms with van der Waals surface area (Å²) >= 11 is 0. The van der Waals surface area contributed by atoms with Gasteiger partial charge in [0.1, 0.15) is 0 Å². The Bertz CT molecular complexity index is 154. The molecule has 1 spiro atoms. The Kier molecular flexibility index (Phi) is 1.40. The van der Waals surface area contributed by atoms with Crippen LogP contribution in [-0.2, 0) is 0 Å². The van der Waals surface area contributed by atoms with Crippen molar-refractivity contribution in [1.29, 1.82) is 0 Å². The number of hydrogen-bond acceptors (Lipinski definition) is 0. The van der Waals surface area contributed by atoms with Gasteiger partial charge >= 0.3 is 0 Å². The maximum Gasteiger partial charge on any atom is 0.00671 e. The molecule has 10 heavy (non-hydrogen) atoms. The number of rotatable bonds is 0. The summed E-state index contributed by atoms with van der Waals surface area (Å²) in [6.07, 6.45) is 16.2. The summed E-state index contributed by atoms with van der Waals surface area (Å²) in [7, 11) is 0. The summed E-state index contributed by atoms with van der Waals surface area (Å²) in [4.78, 5) is 0. The van der Waals surface area contributed by atoms with Gasteiger partial charge in [-0.3, -0.25) is 0 Å². The molecule has 0 heterocycles. The Morgan fingerprint density at radius 3 is 2.00 bits per heavy atom. The van der Waals surface area contributed by atoms with Crippen LogP contribution < -0.4 is 0 Å². The summed E-state index contributed by atoms with van der Waals surface area (Å²) in [6, 6.07) is 0. The third-order valence-corrected chi connectivity index (χ3v) is 2.75. The Hall–Kier alpha value is -0.520. The lowest BCUT2D eigenvalue weighted by Crippen LogP contribution is -2.16. The van der Waals surface area contributed by atoms with E-state index in [1.807, 2.05) is 0 Å². The predicted octanol–water partition coefficient (Wildman–Crippen LogP) is 3.06. The van der Waals surface area contributed by atoms with Crippen LogP contribution in [0.2, 0.25) is 0 Å². The first-order chi connectivity index (χ1) is 4.91. The van der Waals surface area contributed by atoms with E-state index in [-0.39, 0.29) is 0 Å². The van der Waals surface area contributed by atoms with Crippen molar-refractivity contribution in [3.05, 3.63) is 24.3 Å². The molecule has 0 N–H and O–H groups in total. The van der Waals surface area contributed by atoms with E-state index >= 15 is 0 Å². The average molecular weight is 134 g/mol. The van der Waals surface area contributed by atoms with Gasteiger partial charge in [0, 0.05) is 5.41 Å². The van der Waals surface area contributed by atoms with Crippen molar-refractivity contribution in [3.8, 4) is 0 Å². The fourth-order valence-corrected chi connectivity index (χ4v) is 2.09. The third kappa shape index (κ3) is 0.920. The van der Waals surface area contributed by atoms with E-state index < -0.39 is 0 Å². The van der Waals surface area contributed by atoms with Crippen molar-refractivity contribution in [3.63, 3.8) is 0 Å². The number of hydrogen-bond donors (Lipinski definition) is 0. The summed E-state index contributed by atoms with van der Waals surface area (Å²) < 4.78 is 0. The van der Waals surface area contributed by atoms with Crippen LogP contribution in [0.3, 0.4) is 0 Å². The molecule has 0 nitrogen and oxygen atoms in total. The van der Waals surface area contributed by atoms with Gasteiger partial charge in [-0.05, 0) is 12.8 Å². The van der Waals surface area contributed by atoms with Crippen LogP contribution in [0.15, 0.2) is 24.3 Å². The van der Waals surface area contributed by atoms with Gasteiger partial charge in [0.15, 0.2) is 0 Å². The van der Waals surface area contributed by atoms with E-state index in [0.717, 1.165) is 0 Å². The van der Waals surface area contributed by atoms with E-state index in [0.29, 0.717) is 5.41 Å². The van der Waals surface area contributed by atoms with Gasteiger partial charge in [-0.1, -0.05) is 43.6 Å². The van der Waals surface area contributed by atoms with Crippen molar-refractivity contribution in [2.24, 2.45) is 5.41 Å². The Labute approximate surface area is 62.6 Å². The largest absolute Gasteiger partial charge is 0.0745 e. The first-order valence-corrected chi connectivity index (χ1v) is 4.28. The zero-order chi connectivity index (χ0) is 6.86. The molecule has 0 amide bonds. The van der Waals surface area contributed by atoms with E-state index in [2.05, 4.69) is 24.3 Å². The molecular weight excluding hydrogens is 120 g/mol. The molecule has 0 radical (unpaired) electrons. The molecule has 0 saturated heterocycles. The minimum atomic E-state index is 0.512. The van der Waals surface area contributed by atoms with Crippen LogP contribution in [0.25, 0.3) is 0 Å². The van der Waals surface area contributed by atoms with Gasteiger partial charge in [0.25, 0.3) is 0 Å². The molecule has 0 aromatic rings. The highest BCUT2D eigenvalue weighted by atomic mass is 14.3. The lowest BCUT2D eigenvalue weighted by atomic mass is 9.75. The fraction of sp³-hybridized carbons (Fsp3) is 0.600. The highest BCUT2D eigenvalue weighted by Gasteiger charge is 2.27. The van der Waals surface area contributed by atoms with Gasteiger partial charge in [-0.25, -0.2) is 0 Å². The van der Waals surface area contributed by atoms with Crippen LogP contribution in [0, 0.1) is 5.41 Å². The van der Waals surface area contributed by atoms with Crippen molar-refractivity contribution in [2.75, 3.05) is 0 Å². The highest BCUT2D eigenvalue weighted by Crippen LogP contribution is 2.40. The molecule has 0 atom stereocenters. The standard InChI is InChI=1S/C10H14/c1-2-6-10(7-3-1)8-4-5-9-10/h4-5,8-9H,1-3,6-7H2. The minimum absolute atomic E-state index is 0.512. The van der Waals surface area contributed by atoms with E-state index in [4.69, 9.17) is 0 Å². The van der Waals surface area contributed by atoms with Gasteiger partial charge < -0.3 is 0 Å². The number of allylic oxidation sites excluding steroid dienone is 4. The Morgan fingerprint density at radius 2 is 1.40 bits per heavy atom. The molecular formula is C10H14. The SMILES string of the molecule is C1=CC2(C=C1)CCCCC2. The maximum absolute atomic E-state index is 2.38. The van der Waals surface area contributed by atoms with Crippen LogP contribution in [-0.4, -0.2) is 0 Å². The van der Waals surface area contributed by atoms with Crippen molar-refractivity contribution in [2.45, 2.75) is 32.1 Å². The molecule has 2 aliphatic rings. The van der Waals surface area contributed by atoms with Crippen molar-refractivity contribution < 1.29 is 0 Å². The minimum Gasteiger partial charge on any atom is -0.0745 e. The van der Waals surface area contributed by atoms with Gasteiger partial charge in [-0.15, -0.1) is 0 Å². The predicted molar refractivity (Wildman–Crippen MR) is 43.8 cm³/mol. The topological polar surface area (TPSA) is 0 Å². The molecule has 0 unspecified atom stereocenters. The van der Waals surface area contributed by atoms with Crippen LogP contribution >= 0.6 is 0 Å².